The Morgan fingerprint density at radius 1 is 1.31 bits per heavy atom. The van der Waals surface area contributed by atoms with Crippen LogP contribution in [0.4, 0.5) is 0 Å². The van der Waals surface area contributed by atoms with Gasteiger partial charge in [-0.25, -0.2) is 4.79 Å². The van der Waals surface area contributed by atoms with Crippen LogP contribution in [0.25, 0.3) is 0 Å². The van der Waals surface area contributed by atoms with E-state index >= 15 is 0 Å². The van der Waals surface area contributed by atoms with Crippen molar-refractivity contribution in [2.75, 3.05) is 13.2 Å². The molecule has 1 aliphatic heterocycles. The lowest BCUT2D eigenvalue weighted by molar-refractivity contribution is 0.00841. The van der Waals surface area contributed by atoms with Gasteiger partial charge in [0.05, 0.1) is 24.9 Å². The highest BCUT2D eigenvalue weighted by atomic mass is 16.5. The van der Waals surface area contributed by atoms with Gasteiger partial charge in [0.1, 0.15) is 0 Å². The van der Waals surface area contributed by atoms with Gasteiger partial charge in [-0.15, -0.1) is 0 Å². The molecule has 0 bridgehead atoms. The van der Waals surface area contributed by atoms with E-state index in [-0.39, 0.29) is 12.1 Å². The van der Waals surface area contributed by atoms with Crippen LogP contribution in [0.3, 0.4) is 0 Å². The zero-order valence-corrected chi connectivity index (χ0v) is 9.60. The van der Waals surface area contributed by atoms with E-state index in [4.69, 9.17) is 9.47 Å². The molecule has 0 aliphatic carbocycles. The lowest BCUT2D eigenvalue weighted by Gasteiger charge is -2.26. The first kappa shape index (κ1) is 11.1. The second kappa shape index (κ2) is 4.66. The van der Waals surface area contributed by atoms with E-state index in [9.17, 15) is 4.79 Å². The Kier molecular flexibility index (Phi) is 3.25. The van der Waals surface area contributed by atoms with Crippen molar-refractivity contribution in [2.24, 2.45) is 0 Å². The molecule has 2 rings (SSSR count). The van der Waals surface area contributed by atoms with Crippen LogP contribution in [-0.4, -0.2) is 25.3 Å². The Labute approximate surface area is 95.4 Å². The van der Waals surface area contributed by atoms with Crippen molar-refractivity contribution in [3.05, 3.63) is 35.4 Å². The van der Waals surface area contributed by atoms with Gasteiger partial charge in [0.2, 0.25) is 0 Å². The van der Waals surface area contributed by atoms with Gasteiger partial charge in [-0.05, 0) is 31.5 Å². The highest BCUT2D eigenvalue weighted by Gasteiger charge is 2.20. The van der Waals surface area contributed by atoms with E-state index in [2.05, 4.69) is 0 Å². The first-order valence-corrected chi connectivity index (χ1v) is 5.55. The number of benzene rings is 1. The minimum Gasteiger partial charge on any atom is -0.459 e. The van der Waals surface area contributed by atoms with E-state index in [1.54, 1.807) is 0 Å². The van der Waals surface area contributed by atoms with Crippen molar-refractivity contribution in [3.63, 3.8) is 0 Å². The van der Waals surface area contributed by atoms with Crippen LogP contribution < -0.4 is 0 Å². The Morgan fingerprint density at radius 2 is 1.94 bits per heavy atom. The number of carbonyl (C=O) groups excluding carboxylic acids is 1. The molecule has 0 unspecified atom stereocenters. The third kappa shape index (κ3) is 2.42. The summed E-state index contributed by atoms with van der Waals surface area (Å²) in [4.78, 5) is 11.6. The van der Waals surface area contributed by atoms with Crippen molar-refractivity contribution in [3.8, 4) is 0 Å². The Bertz CT molecular complexity index is 363. The van der Waals surface area contributed by atoms with Gasteiger partial charge < -0.3 is 9.47 Å². The summed E-state index contributed by atoms with van der Waals surface area (Å²) in [6, 6.07) is 7.59. The average molecular weight is 220 g/mol. The summed E-state index contributed by atoms with van der Waals surface area (Å²) in [6.45, 7) is 5.27. The van der Waals surface area contributed by atoms with Crippen LogP contribution in [0, 0.1) is 0 Å². The number of carbonyl (C=O) groups is 1. The topological polar surface area (TPSA) is 35.5 Å². The molecular formula is C13H16O3. The molecule has 1 aliphatic rings. The fourth-order valence-electron chi connectivity index (χ4n) is 1.60. The molecule has 86 valence electrons. The maximum atomic E-state index is 11.6. The number of rotatable bonds is 3. The molecule has 1 heterocycles. The molecule has 0 atom stereocenters. The van der Waals surface area contributed by atoms with Gasteiger partial charge in [0, 0.05) is 5.92 Å². The molecular weight excluding hydrogens is 204 g/mol. The Hall–Kier alpha value is -1.35. The molecule has 16 heavy (non-hydrogen) atoms. The maximum Gasteiger partial charge on any atom is 0.338 e. The summed E-state index contributed by atoms with van der Waals surface area (Å²) >= 11 is 0. The predicted octanol–water partition coefficient (Wildman–Crippen LogP) is 2.37. The van der Waals surface area contributed by atoms with Crippen molar-refractivity contribution in [1.82, 2.24) is 0 Å². The summed E-state index contributed by atoms with van der Waals surface area (Å²) in [5.41, 5.74) is 1.84. The third-order valence-electron chi connectivity index (χ3n) is 2.60. The van der Waals surface area contributed by atoms with E-state index in [0.717, 1.165) is 13.2 Å². The smallest absolute Gasteiger partial charge is 0.338 e. The third-order valence-corrected chi connectivity index (χ3v) is 2.60. The standard InChI is InChI=1S/C13H16O3/c1-9(2)16-13(14)11-5-3-10(4-6-11)12-7-15-8-12/h3-6,9,12H,7-8H2,1-2H3. The summed E-state index contributed by atoms with van der Waals surface area (Å²) in [5.74, 6) is 0.238. The summed E-state index contributed by atoms with van der Waals surface area (Å²) in [7, 11) is 0. The van der Waals surface area contributed by atoms with Crippen LogP contribution in [-0.2, 0) is 9.47 Å². The van der Waals surface area contributed by atoms with Gasteiger partial charge in [0.15, 0.2) is 0 Å². The Morgan fingerprint density at radius 3 is 2.38 bits per heavy atom. The molecule has 1 saturated heterocycles. The fraction of sp³-hybridized carbons (Fsp3) is 0.462. The molecule has 0 spiro atoms. The normalized spacial score (nSPS) is 15.9. The molecule has 3 heteroatoms. The van der Waals surface area contributed by atoms with E-state index < -0.39 is 0 Å². The largest absolute Gasteiger partial charge is 0.459 e. The molecule has 1 aromatic carbocycles. The van der Waals surface area contributed by atoms with Crippen LogP contribution in [0.2, 0.25) is 0 Å². The molecule has 0 radical (unpaired) electrons. The molecule has 0 saturated carbocycles. The fourth-order valence-corrected chi connectivity index (χ4v) is 1.60. The summed E-state index contributed by atoms with van der Waals surface area (Å²) in [5, 5.41) is 0. The zero-order valence-electron chi connectivity index (χ0n) is 9.60. The maximum absolute atomic E-state index is 11.6. The quantitative estimate of drug-likeness (QED) is 0.733. The van der Waals surface area contributed by atoms with Gasteiger partial charge in [0.25, 0.3) is 0 Å². The number of hydrogen-bond acceptors (Lipinski definition) is 3. The first-order valence-electron chi connectivity index (χ1n) is 5.55. The molecule has 3 nitrogen and oxygen atoms in total. The molecule has 0 N–H and O–H groups in total. The van der Waals surface area contributed by atoms with Crippen molar-refractivity contribution in [2.45, 2.75) is 25.9 Å². The molecule has 0 amide bonds. The van der Waals surface area contributed by atoms with Crippen LogP contribution >= 0.6 is 0 Å². The van der Waals surface area contributed by atoms with Crippen molar-refractivity contribution >= 4 is 5.97 Å². The van der Waals surface area contributed by atoms with Crippen molar-refractivity contribution in [1.29, 1.82) is 0 Å². The molecule has 0 aromatic heterocycles. The van der Waals surface area contributed by atoms with E-state index in [0.29, 0.717) is 11.5 Å². The number of hydrogen-bond donors (Lipinski definition) is 0. The van der Waals surface area contributed by atoms with Crippen LogP contribution in [0.15, 0.2) is 24.3 Å². The van der Waals surface area contributed by atoms with Gasteiger partial charge in [-0.1, -0.05) is 12.1 Å². The predicted molar refractivity (Wildman–Crippen MR) is 60.6 cm³/mol. The minimum absolute atomic E-state index is 0.0767. The van der Waals surface area contributed by atoms with Crippen LogP contribution in [0.5, 0.6) is 0 Å². The summed E-state index contributed by atoms with van der Waals surface area (Å²) < 4.78 is 10.2. The summed E-state index contributed by atoms with van der Waals surface area (Å²) in [6.07, 6.45) is -0.0767. The lowest BCUT2D eigenvalue weighted by Crippen LogP contribution is -2.25. The lowest BCUT2D eigenvalue weighted by atomic mass is 9.97. The molecule has 1 fully saturated rings. The van der Waals surface area contributed by atoms with Gasteiger partial charge in [-0.2, -0.15) is 0 Å². The zero-order chi connectivity index (χ0) is 11.5. The first-order chi connectivity index (χ1) is 7.66. The highest BCUT2D eigenvalue weighted by molar-refractivity contribution is 5.89. The van der Waals surface area contributed by atoms with Crippen molar-refractivity contribution < 1.29 is 14.3 Å². The van der Waals surface area contributed by atoms with Gasteiger partial charge >= 0.3 is 5.97 Å². The monoisotopic (exact) mass is 220 g/mol. The second-order valence-electron chi connectivity index (χ2n) is 4.31. The molecule has 1 aromatic rings. The second-order valence-corrected chi connectivity index (χ2v) is 4.31. The van der Waals surface area contributed by atoms with Gasteiger partial charge in [-0.3, -0.25) is 0 Å². The number of ether oxygens (including phenoxy) is 2. The van der Waals surface area contributed by atoms with E-state index in [1.165, 1.54) is 5.56 Å². The highest BCUT2D eigenvalue weighted by Crippen LogP contribution is 2.24. The Balaban J connectivity index is 2.03. The number of esters is 1. The van der Waals surface area contributed by atoms with E-state index in [1.807, 2.05) is 38.1 Å². The van der Waals surface area contributed by atoms with Crippen LogP contribution in [0.1, 0.15) is 35.7 Å². The minimum atomic E-state index is -0.258. The average Bonchev–Trinajstić information content (AvgIpc) is 2.15. The SMILES string of the molecule is CC(C)OC(=O)c1ccc(C2COC2)cc1.